The van der Waals surface area contributed by atoms with E-state index in [4.69, 9.17) is 0 Å². The number of ketones is 1. The first kappa shape index (κ1) is 13.0. The predicted molar refractivity (Wildman–Crippen MR) is 68.8 cm³/mol. The Bertz CT molecular complexity index is 324. The molecule has 1 aromatic carbocycles. The highest BCUT2D eigenvalue weighted by atomic mass is 16.1. The molecule has 88 valence electrons. The lowest BCUT2D eigenvalue weighted by Gasteiger charge is -2.14. The summed E-state index contributed by atoms with van der Waals surface area (Å²) in [7, 11) is 0. The number of rotatable bonds is 6. The highest BCUT2D eigenvalue weighted by Crippen LogP contribution is 2.25. The van der Waals surface area contributed by atoms with Crippen LogP contribution in [0.15, 0.2) is 24.3 Å². The SMILES string of the molecule is CCc1ccc(C(CC)CCC(C)=O)cc1. The van der Waals surface area contributed by atoms with Crippen molar-refractivity contribution in [3.8, 4) is 0 Å². The van der Waals surface area contributed by atoms with Crippen LogP contribution in [-0.2, 0) is 11.2 Å². The van der Waals surface area contributed by atoms with Crippen molar-refractivity contribution < 1.29 is 4.79 Å². The van der Waals surface area contributed by atoms with Crippen LogP contribution in [-0.4, -0.2) is 5.78 Å². The van der Waals surface area contributed by atoms with Gasteiger partial charge in [0.05, 0.1) is 0 Å². The predicted octanol–water partition coefficient (Wildman–Crippen LogP) is 4.11. The Hall–Kier alpha value is -1.11. The van der Waals surface area contributed by atoms with Crippen molar-refractivity contribution in [2.24, 2.45) is 0 Å². The zero-order valence-electron chi connectivity index (χ0n) is 10.6. The van der Waals surface area contributed by atoms with Crippen LogP contribution >= 0.6 is 0 Å². The Kier molecular flexibility index (Phi) is 5.24. The maximum absolute atomic E-state index is 11.0. The van der Waals surface area contributed by atoms with Crippen LogP contribution in [0.2, 0.25) is 0 Å². The van der Waals surface area contributed by atoms with Gasteiger partial charge in [0.15, 0.2) is 0 Å². The van der Waals surface area contributed by atoms with Gasteiger partial charge < -0.3 is 4.79 Å². The summed E-state index contributed by atoms with van der Waals surface area (Å²) in [5.41, 5.74) is 2.76. The van der Waals surface area contributed by atoms with Crippen LogP contribution in [0.1, 0.15) is 57.1 Å². The van der Waals surface area contributed by atoms with Crippen molar-refractivity contribution in [2.45, 2.75) is 52.4 Å². The molecule has 0 spiro atoms. The van der Waals surface area contributed by atoms with Gasteiger partial charge in [-0.2, -0.15) is 0 Å². The Balaban J connectivity index is 2.66. The maximum atomic E-state index is 11.0. The molecule has 0 bridgehead atoms. The van der Waals surface area contributed by atoms with Crippen molar-refractivity contribution in [2.75, 3.05) is 0 Å². The van der Waals surface area contributed by atoms with Crippen molar-refractivity contribution in [3.05, 3.63) is 35.4 Å². The van der Waals surface area contributed by atoms with Gasteiger partial charge in [-0.1, -0.05) is 38.1 Å². The smallest absolute Gasteiger partial charge is 0.129 e. The maximum Gasteiger partial charge on any atom is 0.129 e. The minimum absolute atomic E-state index is 0.295. The van der Waals surface area contributed by atoms with Crippen LogP contribution in [0.5, 0.6) is 0 Å². The number of aryl methyl sites for hydroxylation is 1. The lowest BCUT2D eigenvalue weighted by atomic mass is 9.90. The monoisotopic (exact) mass is 218 g/mol. The van der Waals surface area contributed by atoms with Gasteiger partial charge in [-0.05, 0) is 43.2 Å². The summed E-state index contributed by atoms with van der Waals surface area (Å²) in [4.78, 5) is 11.0. The molecule has 0 heterocycles. The minimum atomic E-state index is 0.295. The zero-order valence-corrected chi connectivity index (χ0v) is 10.6. The summed E-state index contributed by atoms with van der Waals surface area (Å²) < 4.78 is 0. The molecule has 0 N–H and O–H groups in total. The third-order valence-corrected chi connectivity index (χ3v) is 3.20. The molecule has 1 atom stereocenters. The van der Waals surface area contributed by atoms with Crippen LogP contribution in [0.3, 0.4) is 0 Å². The topological polar surface area (TPSA) is 17.1 Å². The molecule has 0 aliphatic carbocycles. The molecule has 1 unspecified atom stereocenters. The van der Waals surface area contributed by atoms with E-state index in [0.717, 1.165) is 19.3 Å². The van der Waals surface area contributed by atoms with Crippen LogP contribution in [0.25, 0.3) is 0 Å². The summed E-state index contributed by atoms with van der Waals surface area (Å²) in [5, 5.41) is 0. The molecule has 1 rings (SSSR count). The lowest BCUT2D eigenvalue weighted by Crippen LogP contribution is -2.01. The normalized spacial score (nSPS) is 12.4. The molecule has 0 aromatic heterocycles. The van der Waals surface area contributed by atoms with E-state index in [1.165, 1.54) is 11.1 Å². The minimum Gasteiger partial charge on any atom is -0.300 e. The van der Waals surface area contributed by atoms with Gasteiger partial charge >= 0.3 is 0 Å². The van der Waals surface area contributed by atoms with E-state index in [2.05, 4.69) is 38.1 Å². The van der Waals surface area contributed by atoms with Gasteiger partial charge in [0.2, 0.25) is 0 Å². The average molecular weight is 218 g/mol. The van der Waals surface area contributed by atoms with Crippen molar-refractivity contribution in [3.63, 3.8) is 0 Å². The van der Waals surface area contributed by atoms with E-state index in [0.29, 0.717) is 18.1 Å². The first-order valence-electron chi connectivity index (χ1n) is 6.25. The summed E-state index contributed by atoms with van der Waals surface area (Å²) in [5.74, 6) is 0.832. The van der Waals surface area contributed by atoms with Crippen molar-refractivity contribution >= 4 is 5.78 Å². The Morgan fingerprint density at radius 2 is 1.81 bits per heavy atom. The molecular weight excluding hydrogens is 196 g/mol. The van der Waals surface area contributed by atoms with Gasteiger partial charge in [-0.25, -0.2) is 0 Å². The number of Topliss-reactive ketones (excluding diaryl/α,β-unsaturated/α-hetero) is 1. The number of hydrogen-bond acceptors (Lipinski definition) is 1. The van der Waals surface area contributed by atoms with Gasteiger partial charge in [0.25, 0.3) is 0 Å². The summed E-state index contributed by atoms with van der Waals surface area (Å²) in [6.07, 6.45) is 3.88. The second kappa shape index (κ2) is 6.47. The molecule has 1 nitrogen and oxygen atoms in total. The summed E-state index contributed by atoms with van der Waals surface area (Å²) >= 11 is 0. The van der Waals surface area contributed by atoms with Crippen LogP contribution in [0, 0.1) is 0 Å². The molecule has 1 heteroatoms. The van der Waals surface area contributed by atoms with Crippen molar-refractivity contribution in [1.29, 1.82) is 0 Å². The Morgan fingerprint density at radius 3 is 2.25 bits per heavy atom. The third kappa shape index (κ3) is 3.80. The highest BCUT2D eigenvalue weighted by Gasteiger charge is 2.09. The molecule has 0 amide bonds. The van der Waals surface area contributed by atoms with E-state index in [1.54, 1.807) is 6.92 Å². The second-order valence-electron chi connectivity index (χ2n) is 4.44. The molecule has 1 aromatic rings. The lowest BCUT2D eigenvalue weighted by molar-refractivity contribution is -0.117. The first-order valence-corrected chi connectivity index (χ1v) is 6.25. The quantitative estimate of drug-likeness (QED) is 0.702. The van der Waals surface area contributed by atoms with Gasteiger partial charge in [-0.3, -0.25) is 0 Å². The van der Waals surface area contributed by atoms with Crippen molar-refractivity contribution in [1.82, 2.24) is 0 Å². The van der Waals surface area contributed by atoms with Crippen LogP contribution < -0.4 is 0 Å². The van der Waals surface area contributed by atoms with E-state index in [-0.39, 0.29) is 0 Å². The third-order valence-electron chi connectivity index (χ3n) is 3.20. The Morgan fingerprint density at radius 1 is 1.19 bits per heavy atom. The number of carbonyl (C=O) groups is 1. The Labute approximate surface area is 98.9 Å². The average Bonchev–Trinajstić information content (AvgIpc) is 2.30. The molecule has 0 fully saturated rings. The van der Waals surface area contributed by atoms with E-state index in [1.807, 2.05) is 0 Å². The molecule has 0 saturated carbocycles. The first-order chi connectivity index (χ1) is 7.67. The second-order valence-corrected chi connectivity index (χ2v) is 4.44. The molecule has 0 radical (unpaired) electrons. The largest absolute Gasteiger partial charge is 0.300 e. The summed E-state index contributed by atoms with van der Waals surface area (Å²) in [6, 6.07) is 8.83. The fraction of sp³-hybridized carbons (Fsp3) is 0.533. The zero-order chi connectivity index (χ0) is 12.0. The molecule has 0 saturated heterocycles. The molecule has 0 aliphatic rings. The molecule has 0 aliphatic heterocycles. The highest BCUT2D eigenvalue weighted by molar-refractivity contribution is 5.75. The van der Waals surface area contributed by atoms with E-state index in [9.17, 15) is 4.79 Å². The van der Waals surface area contributed by atoms with Gasteiger partial charge in [-0.15, -0.1) is 0 Å². The van der Waals surface area contributed by atoms with E-state index < -0.39 is 0 Å². The standard InChI is InChI=1S/C15H22O/c1-4-13-7-10-15(11-8-13)14(5-2)9-6-12(3)16/h7-8,10-11,14H,4-6,9H2,1-3H3. The molecule has 16 heavy (non-hydrogen) atoms. The fourth-order valence-corrected chi connectivity index (χ4v) is 2.01. The van der Waals surface area contributed by atoms with E-state index >= 15 is 0 Å². The molecular formula is C15H22O. The summed E-state index contributed by atoms with van der Waals surface area (Å²) in [6.45, 7) is 6.04. The van der Waals surface area contributed by atoms with Gasteiger partial charge in [0, 0.05) is 6.42 Å². The number of benzene rings is 1. The number of carbonyl (C=O) groups excluding carboxylic acids is 1. The fourth-order valence-electron chi connectivity index (χ4n) is 2.01. The van der Waals surface area contributed by atoms with Crippen LogP contribution in [0.4, 0.5) is 0 Å². The number of hydrogen-bond donors (Lipinski definition) is 0. The van der Waals surface area contributed by atoms with Gasteiger partial charge in [0.1, 0.15) is 5.78 Å².